The van der Waals surface area contributed by atoms with Crippen LogP contribution in [0.15, 0.2) is 48.6 Å². The highest BCUT2D eigenvalue weighted by atomic mass is 13.9. The summed E-state index contributed by atoms with van der Waals surface area (Å²) in [6.45, 7) is 4.41. The van der Waals surface area contributed by atoms with Crippen LogP contribution >= 0.6 is 0 Å². The largest absolute Gasteiger partial charge is 0.0885 e. The Balaban J connectivity index is 3.34. The number of allylic oxidation sites excluding steroid dienone is 8. The molecule has 0 heteroatoms. The summed E-state index contributed by atoms with van der Waals surface area (Å²) >= 11 is 0. The minimum atomic E-state index is 1.06. The standard InChI is InChI=1S/C18H30/c1-3-5-7-9-11-13-15-17-18-16-14-12-10-8-6-4-2/h5,7,11-14,17-18H,3-4,6,8-10,15-16H2,1-2H3/b7-5-,13-11+,14-12-,18-17+. The summed E-state index contributed by atoms with van der Waals surface area (Å²) in [7, 11) is 0. The van der Waals surface area contributed by atoms with Crippen LogP contribution < -0.4 is 0 Å². The summed E-state index contributed by atoms with van der Waals surface area (Å²) in [5.41, 5.74) is 0. The van der Waals surface area contributed by atoms with E-state index >= 15 is 0 Å². The van der Waals surface area contributed by atoms with Gasteiger partial charge >= 0.3 is 0 Å². The summed E-state index contributed by atoms with van der Waals surface area (Å²) in [5, 5.41) is 0. The molecule has 0 aliphatic rings. The number of hydrogen-bond acceptors (Lipinski definition) is 0. The van der Waals surface area contributed by atoms with Crippen molar-refractivity contribution in [2.75, 3.05) is 0 Å². The van der Waals surface area contributed by atoms with Crippen LogP contribution in [0.5, 0.6) is 0 Å². The quantitative estimate of drug-likeness (QED) is 0.293. The Labute approximate surface area is 114 Å². The van der Waals surface area contributed by atoms with Crippen LogP contribution in [0.4, 0.5) is 0 Å². The predicted octanol–water partition coefficient (Wildman–Crippen LogP) is 6.37. The maximum Gasteiger partial charge on any atom is -0.0169 e. The highest BCUT2D eigenvalue weighted by molar-refractivity contribution is 4.99. The zero-order chi connectivity index (χ0) is 13.3. The second kappa shape index (κ2) is 16.0. The van der Waals surface area contributed by atoms with Gasteiger partial charge in [-0.3, -0.25) is 0 Å². The predicted molar refractivity (Wildman–Crippen MR) is 84.8 cm³/mol. The minimum absolute atomic E-state index is 1.06. The normalized spacial score (nSPS) is 12.8. The molecule has 0 heterocycles. The second-order valence-corrected chi connectivity index (χ2v) is 4.50. The lowest BCUT2D eigenvalue weighted by Gasteiger charge is -1.90. The number of hydrogen-bond donors (Lipinski definition) is 0. The maximum absolute atomic E-state index is 2.31. The van der Waals surface area contributed by atoms with Gasteiger partial charge in [-0.1, -0.05) is 75.3 Å². The van der Waals surface area contributed by atoms with E-state index in [1.807, 2.05) is 0 Å². The van der Waals surface area contributed by atoms with Gasteiger partial charge in [-0.2, -0.15) is 0 Å². The fraction of sp³-hybridized carbons (Fsp3) is 0.556. The average molecular weight is 246 g/mol. The molecule has 0 aliphatic heterocycles. The first-order valence-corrected chi connectivity index (χ1v) is 7.51. The molecule has 0 rings (SSSR count). The first-order valence-electron chi connectivity index (χ1n) is 7.51. The molecule has 0 N–H and O–H groups in total. The molecule has 0 saturated heterocycles. The van der Waals surface area contributed by atoms with Crippen LogP contribution in [0.25, 0.3) is 0 Å². The first-order chi connectivity index (χ1) is 8.91. The molecule has 0 unspecified atom stereocenters. The molecule has 102 valence electrons. The molecule has 0 aromatic rings. The molecule has 0 saturated carbocycles. The van der Waals surface area contributed by atoms with Crippen LogP contribution in [0.3, 0.4) is 0 Å². The monoisotopic (exact) mass is 246 g/mol. The van der Waals surface area contributed by atoms with Crippen molar-refractivity contribution in [3.05, 3.63) is 48.6 Å². The van der Waals surface area contributed by atoms with Gasteiger partial charge in [0, 0.05) is 0 Å². The van der Waals surface area contributed by atoms with Crippen molar-refractivity contribution < 1.29 is 0 Å². The summed E-state index contributed by atoms with van der Waals surface area (Å²) in [6.07, 6.45) is 27.6. The lowest BCUT2D eigenvalue weighted by molar-refractivity contribution is 0.728. The fourth-order valence-corrected chi connectivity index (χ4v) is 1.61. The molecule has 0 aromatic heterocycles. The van der Waals surface area contributed by atoms with Crippen LogP contribution in [0.1, 0.15) is 65.2 Å². The lowest BCUT2D eigenvalue weighted by Crippen LogP contribution is -1.70. The Bertz CT molecular complexity index is 253. The third-order valence-corrected chi connectivity index (χ3v) is 2.69. The Kier molecular flexibility index (Phi) is 15.0. The molecule has 0 radical (unpaired) electrons. The van der Waals surface area contributed by atoms with Crippen molar-refractivity contribution in [2.45, 2.75) is 65.2 Å². The molecule has 18 heavy (non-hydrogen) atoms. The van der Waals surface area contributed by atoms with E-state index in [9.17, 15) is 0 Å². The highest BCUT2D eigenvalue weighted by Crippen LogP contribution is 2.00. The van der Waals surface area contributed by atoms with Crippen LogP contribution in [0.2, 0.25) is 0 Å². The minimum Gasteiger partial charge on any atom is -0.0885 e. The molecule has 0 bridgehead atoms. The molecule has 0 amide bonds. The average Bonchev–Trinajstić information content (AvgIpc) is 2.39. The highest BCUT2D eigenvalue weighted by Gasteiger charge is 1.80. The number of unbranched alkanes of at least 4 members (excludes halogenated alkanes) is 3. The van der Waals surface area contributed by atoms with Crippen LogP contribution in [0, 0.1) is 0 Å². The summed E-state index contributed by atoms with van der Waals surface area (Å²) in [5.74, 6) is 0. The van der Waals surface area contributed by atoms with E-state index in [2.05, 4.69) is 62.5 Å². The van der Waals surface area contributed by atoms with Gasteiger partial charge in [-0.25, -0.2) is 0 Å². The van der Waals surface area contributed by atoms with Gasteiger partial charge in [0.2, 0.25) is 0 Å². The summed E-state index contributed by atoms with van der Waals surface area (Å²) in [6, 6.07) is 0. The van der Waals surface area contributed by atoms with E-state index in [0.717, 1.165) is 25.7 Å². The molecule has 0 fully saturated rings. The fourth-order valence-electron chi connectivity index (χ4n) is 1.61. The van der Waals surface area contributed by atoms with Gasteiger partial charge in [0.25, 0.3) is 0 Å². The molecule has 0 spiro atoms. The topological polar surface area (TPSA) is 0 Å². The van der Waals surface area contributed by atoms with Crippen molar-refractivity contribution in [1.29, 1.82) is 0 Å². The van der Waals surface area contributed by atoms with E-state index in [-0.39, 0.29) is 0 Å². The Morgan fingerprint density at radius 3 is 1.56 bits per heavy atom. The zero-order valence-corrected chi connectivity index (χ0v) is 12.3. The molecule has 0 aromatic carbocycles. The van der Waals surface area contributed by atoms with Crippen molar-refractivity contribution in [1.82, 2.24) is 0 Å². The van der Waals surface area contributed by atoms with Gasteiger partial charge in [0.1, 0.15) is 0 Å². The van der Waals surface area contributed by atoms with Gasteiger partial charge in [-0.15, -0.1) is 0 Å². The van der Waals surface area contributed by atoms with Crippen molar-refractivity contribution >= 4 is 0 Å². The van der Waals surface area contributed by atoms with E-state index in [1.165, 1.54) is 25.7 Å². The molecular weight excluding hydrogens is 216 g/mol. The molecule has 0 aliphatic carbocycles. The molecule has 0 nitrogen and oxygen atoms in total. The maximum atomic E-state index is 2.31. The van der Waals surface area contributed by atoms with Gasteiger partial charge in [-0.05, 0) is 38.5 Å². The van der Waals surface area contributed by atoms with Gasteiger partial charge in [0.15, 0.2) is 0 Å². The van der Waals surface area contributed by atoms with Crippen molar-refractivity contribution in [3.8, 4) is 0 Å². The third kappa shape index (κ3) is 15.0. The zero-order valence-electron chi connectivity index (χ0n) is 12.3. The third-order valence-electron chi connectivity index (χ3n) is 2.69. The Morgan fingerprint density at radius 2 is 1.06 bits per heavy atom. The smallest absolute Gasteiger partial charge is 0.0169 e. The first kappa shape index (κ1) is 17.0. The number of rotatable bonds is 11. The van der Waals surface area contributed by atoms with E-state index in [4.69, 9.17) is 0 Å². The van der Waals surface area contributed by atoms with Crippen LogP contribution in [-0.4, -0.2) is 0 Å². The Morgan fingerprint density at radius 1 is 0.556 bits per heavy atom. The van der Waals surface area contributed by atoms with E-state index in [1.54, 1.807) is 0 Å². The van der Waals surface area contributed by atoms with Crippen LogP contribution in [-0.2, 0) is 0 Å². The SMILES string of the molecule is CC/C=C\C/C=C/C/C=C/C/C=C\CCCCC. The Hall–Kier alpha value is -1.04. The summed E-state index contributed by atoms with van der Waals surface area (Å²) < 4.78 is 0. The molecule has 0 atom stereocenters. The summed E-state index contributed by atoms with van der Waals surface area (Å²) in [4.78, 5) is 0. The van der Waals surface area contributed by atoms with Gasteiger partial charge in [0.05, 0.1) is 0 Å². The molecular formula is C18H30. The van der Waals surface area contributed by atoms with E-state index in [0.29, 0.717) is 0 Å². The second-order valence-electron chi connectivity index (χ2n) is 4.50. The van der Waals surface area contributed by atoms with Crippen molar-refractivity contribution in [2.24, 2.45) is 0 Å². The van der Waals surface area contributed by atoms with Crippen molar-refractivity contribution in [3.63, 3.8) is 0 Å². The van der Waals surface area contributed by atoms with Gasteiger partial charge < -0.3 is 0 Å². The lowest BCUT2D eigenvalue weighted by atomic mass is 10.2. The van der Waals surface area contributed by atoms with E-state index < -0.39 is 0 Å².